The molecule has 0 aliphatic heterocycles. The summed E-state index contributed by atoms with van der Waals surface area (Å²) in [4.78, 5) is 11.8. The minimum Gasteiger partial charge on any atom is -0.482 e. The lowest BCUT2D eigenvalue weighted by molar-refractivity contribution is -0.123. The van der Waals surface area contributed by atoms with Gasteiger partial charge in [0.15, 0.2) is 6.61 Å². The molecule has 0 radical (unpaired) electrons. The van der Waals surface area contributed by atoms with Gasteiger partial charge in [0.05, 0.1) is 20.8 Å². The number of hydrazone groups is 1. The highest BCUT2D eigenvalue weighted by Crippen LogP contribution is 2.33. The van der Waals surface area contributed by atoms with Crippen molar-refractivity contribution in [3.05, 3.63) is 62.6 Å². The number of benzene rings is 2. The van der Waals surface area contributed by atoms with Crippen LogP contribution in [0.25, 0.3) is 0 Å². The standard InChI is InChI=1S/C17H15Cl3N2O2/c1-10-4-3-5-12(6-10)11(2)21-22-17(23)9-24-16-8-14(19)13(18)7-15(16)20/h3-8H,9H2,1-2H3,(H,22,23). The molecule has 2 aromatic carbocycles. The zero-order valence-corrected chi connectivity index (χ0v) is 15.3. The van der Waals surface area contributed by atoms with Gasteiger partial charge in [-0.2, -0.15) is 5.10 Å². The normalized spacial score (nSPS) is 11.3. The third-order valence-corrected chi connectivity index (χ3v) is 4.14. The van der Waals surface area contributed by atoms with Crippen LogP contribution in [0, 0.1) is 6.92 Å². The van der Waals surface area contributed by atoms with E-state index in [2.05, 4.69) is 10.5 Å². The maximum absolute atomic E-state index is 11.8. The van der Waals surface area contributed by atoms with Crippen molar-refractivity contribution in [2.45, 2.75) is 13.8 Å². The van der Waals surface area contributed by atoms with Gasteiger partial charge < -0.3 is 4.74 Å². The Balaban J connectivity index is 1.94. The molecule has 24 heavy (non-hydrogen) atoms. The lowest BCUT2D eigenvalue weighted by Gasteiger charge is -2.09. The Morgan fingerprint density at radius 1 is 1.12 bits per heavy atom. The zero-order valence-electron chi connectivity index (χ0n) is 13.1. The molecule has 126 valence electrons. The molecule has 4 nitrogen and oxygen atoms in total. The Morgan fingerprint density at radius 2 is 1.83 bits per heavy atom. The van der Waals surface area contributed by atoms with E-state index in [1.165, 1.54) is 12.1 Å². The van der Waals surface area contributed by atoms with Gasteiger partial charge in [-0.15, -0.1) is 0 Å². The number of aryl methyl sites for hydroxylation is 1. The van der Waals surface area contributed by atoms with Gasteiger partial charge in [0.2, 0.25) is 0 Å². The van der Waals surface area contributed by atoms with E-state index in [4.69, 9.17) is 39.5 Å². The van der Waals surface area contributed by atoms with Crippen LogP contribution in [0.2, 0.25) is 15.1 Å². The fourth-order valence-corrected chi connectivity index (χ4v) is 2.46. The Hall–Kier alpha value is -1.75. The fraction of sp³-hybridized carbons (Fsp3) is 0.176. The number of carbonyl (C=O) groups is 1. The molecular formula is C17H15Cl3N2O2. The first kappa shape index (κ1) is 18.6. The van der Waals surface area contributed by atoms with E-state index in [9.17, 15) is 4.79 Å². The van der Waals surface area contributed by atoms with Crippen LogP contribution in [0.15, 0.2) is 41.5 Å². The van der Waals surface area contributed by atoms with Crippen LogP contribution in [-0.4, -0.2) is 18.2 Å². The first-order valence-electron chi connectivity index (χ1n) is 7.04. The predicted octanol–water partition coefficient (Wildman–Crippen LogP) is 4.87. The minimum atomic E-state index is -0.413. The minimum absolute atomic E-state index is 0.248. The van der Waals surface area contributed by atoms with E-state index < -0.39 is 5.91 Å². The molecule has 2 aromatic rings. The fourth-order valence-electron chi connectivity index (χ4n) is 1.87. The highest BCUT2D eigenvalue weighted by Gasteiger charge is 2.09. The van der Waals surface area contributed by atoms with E-state index in [1.54, 1.807) is 0 Å². The number of halogens is 3. The maximum Gasteiger partial charge on any atom is 0.277 e. The summed E-state index contributed by atoms with van der Waals surface area (Å²) in [7, 11) is 0. The third-order valence-electron chi connectivity index (χ3n) is 3.12. The molecule has 0 saturated heterocycles. The lowest BCUT2D eigenvalue weighted by atomic mass is 10.1. The van der Waals surface area contributed by atoms with Crippen LogP contribution < -0.4 is 10.2 Å². The summed E-state index contributed by atoms with van der Waals surface area (Å²) in [5.41, 5.74) is 5.18. The average molecular weight is 386 g/mol. The summed E-state index contributed by atoms with van der Waals surface area (Å²) < 4.78 is 5.34. The highest BCUT2D eigenvalue weighted by atomic mass is 35.5. The second-order valence-electron chi connectivity index (χ2n) is 5.09. The van der Waals surface area contributed by atoms with Crippen molar-refractivity contribution in [2.75, 3.05) is 6.61 Å². The first-order valence-corrected chi connectivity index (χ1v) is 8.17. The van der Waals surface area contributed by atoms with Crippen molar-refractivity contribution in [2.24, 2.45) is 5.10 Å². The Bertz CT molecular complexity index is 791. The molecule has 0 aliphatic carbocycles. The van der Waals surface area contributed by atoms with Crippen molar-refractivity contribution >= 4 is 46.4 Å². The van der Waals surface area contributed by atoms with E-state index in [0.717, 1.165) is 11.1 Å². The van der Waals surface area contributed by atoms with Crippen molar-refractivity contribution in [3.63, 3.8) is 0 Å². The molecule has 7 heteroatoms. The van der Waals surface area contributed by atoms with Gasteiger partial charge in [0.25, 0.3) is 5.91 Å². The molecule has 0 saturated carbocycles. The van der Waals surface area contributed by atoms with Crippen LogP contribution in [0.1, 0.15) is 18.1 Å². The van der Waals surface area contributed by atoms with Crippen LogP contribution in [0.4, 0.5) is 0 Å². The third kappa shape index (κ3) is 5.13. The number of carbonyl (C=O) groups excluding carboxylic acids is 1. The summed E-state index contributed by atoms with van der Waals surface area (Å²) in [6.07, 6.45) is 0. The summed E-state index contributed by atoms with van der Waals surface area (Å²) in [5, 5.41) is 4.95. The second-order valence-corrected chi connectivity index (χ2v) is 6.31. The quantitative estimate of drug-likeness (QED) is 0.453. The van der Waals surface area contributed by atoms with E-state index >= 15 is 0 Å². The second kappa shape index (κ2) is 8.38. The number of hydrogen-bond acceptors (Lipinski definition) is 3. The van der Waals surface area contributed by atoms with Crippen molar-refractivity contribution < 1.29 is 9.53 Å². The molecule has 0 aromatic heterocycles. The Morgan fingerprint density at radius 3 is 2.54 bits per heavy atom. The molecular weight excluding hydrogens is 371 g/mol. The lowest BCUT2D eigenvalue weighted by Crippen LogP contribution is -2.25. The van der Waals surface area contributed by atoms with Gasteiger partial charge in [-0.3, -0.25) is 4.79 Å². The van der Waals surface area contributed by atoms with Crippen molar-refractivity contribution in [3.8, 4) is 5.75 Å². The van der Waals surface area contributed by atoms with Gasteiger partial charge in [-0.25, -0.2) is 5.43 Å². The SMILES string of the molecule is CC(=NNC(=O)COc1cc(Cl)c(Cl)cc1Cl)c1cccc(C)c1. The van der Waals surface area contributed by atoms with Crippen LogP contribution in [-0.2, 0) is 4.79 Å². The van der Waals surface area contributed by atoms with Gasteiger partial charge in [-0.05, 0) is 25.5 Å². The van der Waals surface area contributed by atoms with Gasteiger partial charge in [-0.1, -0.05) is 64.6 Å². The number of ether oxygens (including phenoxy) is 1. The maximum atomic E-state index is 11.8. The number of nitrogens with zero attached hydrogens (tertiary/aromatic N) is 1. The first-order chi connectivity index (χ1) is 11.4. The van der Waals surface area contributed by atoms with Crippen LogP contribution in [0.5, 0.6) is 5.75 Å². The molecule has 1 amide bonds. The van der Waals surface area contributed by atoms with Crippen molar-refractivity contribution in [1.29, 1.82) is 0 Å². The topological polar surface area (TPSA) is 50.7 Å². The summed E-state index contributed by atoms with van der Waals surface area (Å²) in [6.45, 7) is 3.55. The average Bonchev–Trinajstić information content (AvgIpc) is 2.54. The number of amides is 1. The van der Waals surface area contributed by atoms with Crippen LogP contribution in [0.3, 0.4) is 0 Å². The number of rotatable bonds is 5. The number of hydrogen-bond donors (Lipinski definition) is 1. The Kier molecular flexibility index (Phi) is 6.49. The van der Waals surface area contributed by atoms with E-state index in [-0.39, 0.29) is 17.4 Å². The van der Waals surface area contributed by atoms with E-state index in [1.807, 2.05) is 38.1 Å². The highest BCUT2D eigenvalue weighted by molar-refractivity contribution is 6.43. The molecule has 0 bridgehead atoms. The molecule has 2 rings (SSSR count). The molecule has 0 aliphatic rings. The largest absolute Gasteiger partial charge is 0.482 e. The van der Waals surface area contributed by atoms with Gasteiger partial charge >= 0.3 is 0 Å². The van der Waals surface area contributed by atoms with E-state index in [0.29, 0.717) is 15.8 Å². The Labute approximate surface area is 155 Å². The smallest absolute Gasteiger partial charge is 0.277 e. The monoisotopic (exact) mass is 384 g/mol. The van der Waals surface area contributed by atoms with Crippen LogP contribution >= 0.6 is 34.8 Å². The molecule has 1 N–H and O–H groups in total. The summed E-state index contributed by atoms with van der Waals surface area (Å²) in [6, 6.07) is 10.7. The summed E-state index contributed by atoms with van der Waals surface area (Å²) >= 11 is 17.7. The zero-order chi connectivity index (χ0) is 17.7. The number of nitrogens with one attached hydrogen (secondary N) is 1. The molecule has 0 unspecified atom stereocenters. The predicted molar refractivity (Wildman–Crippen MR) is 98.5 cm³/mol. The van der Waals surface area contributed by atoms with Gasteiger partial charge in [0, 0.05) is 6.07 Å². The molecule has 0 heterocycles. The van der Waals surface area contributed by atoms with Crippen molar-refractivity contribution in [1.82, 2.24) is 5.43 Å². The van der Waals surface area contributed by atoms with Gasteiger partial charge in [0.1, 0.15) is 5.75 Å². The molecule has 0 fully saturated rings. The molecule has 0 spiro atoms. The molecule has 0 atom stereocenters. The summed E-state index contributed by atoms with van der Waals surface area (Å²) in [5.74, 6) is -0.134.